The van der Waals surface area contributed by atoms with Crippen molar-refractivity contribution in [1.29, 1.82) is 5.26 Å². The van der Waals surface area contributed by atoms with Gasteiger partial charge in [0.1, 0.15) is 42.4 Å². The van der Waals surface area contributed by atoms with Gasteiger partial charge in [0.15, 0.2) is 0 Å². The van der Waals surface area contributed by atoms with Gasteiger partial charge in [-0.15, -0.1) is 11.3 Å². The second-order valence-electron chi connectivity index (χ2n) is 21.2. The maximum Gasteiger partial charge on any atom is 0.253 e. The molecule has 0 radical (unpaired) electrons. The lowest BCUT2D eigenvalue weighted by Gasteiger charge is -2.63. The highest BCUT2D eigenvalue weighted by Crippen LogP contribution is 2.55. The lowest BCUT2D eigenvalue weighted by molar-refractivity contribution is -0.164. The Morgan fingerprint density at radius 2 is 1.70 bits per heavy atom. The van der Waals surface area contributed by atoms with Crippen LogP contribution in [-0.2, 0) is 19.1 Å². The van der Waals surface area contributed by atoms with Crippen molar-refractivity contribution >= 4 is 52.4 Å². The maximum absolute atomic E-state index is 14.2. The van der Waals surface area contributed by atoms with E-state index in [1.54, 1.807) is 41.8 Å². The van der Waals surface area contributed by atoms with Crippen molar-refractivity contribution in [3.63, 3.8) is 0 Å². The van der Waals surface area contributed by atoms with Crippen molar-refractivity contribution in [3.05, 3.63) is 99.5 Å². The average Bonchev–Trinajstić information content (AvgIpc) is 3.93. The number of nitrogens with zero attached hydrogens (tertiary/aromatic N) is 4. The monoisotopic (exact) mass is 979 g/mol. The number of aliphatic hydroxyl groups excluding tert-OH is 1. The van der Waals surface area contributed by atoms with Gasteiger partial charge in [0.2, 0.25) is 17.7 Å². The van der Waals surface area contributed by atoms with E-state index in [9.17, 15) is 29.5 Å². The summed E-state index contributed by atoms with van der Waals surface area (Å²) >= 11 is 7.94. The lowest BCUT2D eigenvalue weighted by atomic mass is 9.49. The Morgan fingerprint density at radius 1 is 1.00 bits per heavy atom. The van der Waals surface area contributed by atoms with Crippen LogP contribution in [0, 0.1) is 40.4 Å². The van der Waals surface area contributed by atoms with Crippen LogP contribution in [0.3, 0.4) is 0 Å². The number of anilines is 1. The van der Waals surface area contributed by atoms with Crippen LogP contribution in [0.4, 0.5) is 5.82 Å². The van der Waals surface area contributed by atoms with E-state index in [1.807, 2.05) is 58.0 Å². The normalized spacial score (nSPS) is 21.9. The van der Waals surface area contributed by atoms with E-state index in [4.69, 9.17) is 21.1 Å². The molecule has 0 spiro atoms. The highest BCUT2D eigenvalue weighted by Gasteiger charge is 2.64. The largest absolute Gasteiger partial charge is 0.489 e. The number of ether oxygens (including phenoxy) is 2. The standard InChI is InChI=1S/C53H66ClN7O7S/c1-31-20-23-69-44(31)35-12-10-34(11-13-35)32(2)57-47(65)41-24-38(62)28-61(41)48(66)45(51(3,4)5)58-43(63)30-67-29-33-18-21-60(22-19-33)42-17-15-37(27-56-42)46(64)59-49-52(6,7)50(53(49,8)9)68-39-16-14-36(26-55)40(54)25-39/h10-17,20,23,25,27,32-33,38,41,45,49-50,62H,18-19,21-22,24,28-30H2,1-9H3,(H,57,65)(H,58,63)(H,59,64)/t32-,38+,41-,45+,49-,50-/m0/s1. The molecule has 0 bridgehead atoms. The smallest absolute Gasteiger partial charge is 0.253 e. The quantitative estimate of drug-likeness (QED) is 0.0914. The number of halogens is 1. The summed E-state index contributed by atoms with van der Waals surface area (Å²) in [4.78, 5) is 64.1. The number of nitriles is 1. The summed E-state index contributed by atoms with van der Waals surface area (Å²) in [6.45, 7) is 19.4. The van der Waals surface area contributed by atoms with E-state index in [1.165, 1.54) is 15.3 Å². The summed E-state index contributed by atoms with van der Waals surface area (Å²) < 4.78 is 12.3. The van der Waals surface area contributed by atoms with Gasteiger partial charge in [-0.1, -0.05) is 84.3 Å². The Morgan fingerprint density at radius 3 is 2.29 bits per heavy atom. The van der Waals surface area contributed by atoms with Crippen molar-refractivity contribution in [2.24, 2.45) is 22.2 Å². The van der Waals surface area contributed by atoms with Gasteiger partial charge in [0, 0.05) is 60.1 Å². The zero-order valence-corrected chi connectivity index (χ0v) is 42.7. The fourth-order valence-electron chi connectivity index (χ4n) is 10.5. The number of aliphatic hydroxyl groups is 1. The summed E-state index contributed by atoms with van der Waals surface area (Å²) in [7, 11) is 0. The zero-order valence-electron chi connectivity index (χ0n) is 41.1. The van der Waals surface area contributed by atoms with Crippen molar-refractivity contribution < 1.29 is 33.8 Å². The first-order valence-corrected chi connectivity index (χ1v) is 25.0. The number of benzene rings is 2. The first-order chi connectivity index (χ1) is 32.6. The van der Waals surface area contributed by atoms with E-state index < -0.39 is 46.2 Å². The number of amides is 4. The molecule has 2 aliphatic heterocycles. The third kappa shape index (κ3) is 11.4. The van der Waals surface area contributed by atoms with E-state index in [2.05, 4.69) is 78.0 Å². The number of aryl methyl sites for hydroxylation is 1. The molecule has 3 aliphatic rings. The number of nitrogens with one attached hydrogen (secondary N) is 3. The molecule has 1 aliphatic carbocycles. The predicted molar refractivity (Wildman–Crippen MR) is 268 cm³/mol. The number of hydrogen-bond acceptors (Lipinski definition) is 11. The van der Waals surface area contributed by atoms with E-state index >= 15 is 0 Å². The van der Waals surface area contributed by atoms with E-state index in [0.717, 1.165) is 42.9 Å². The molecule has 16 heteroatoms. The van der Waals surface area contributed by atoms with Crippen molar-refractivity contribution in [2.45, 2.75) is 118 Å². The predicted octanol–water partition coefficient (Wildman–Crippen LogP) is 7.86. The Kier molecular flexibility index (Phi) is 15.5. The molecular weight excluding hydrogens is 914 g/mol. The second kappa shape index (κ2) is 20.8. The Bertz CT molecular complexity index is 2530. The molecule has 368 valence electrons. The number of aromatic nitrogens is 1. The van der Waals surface area contributed by atoms with Crippen LogP contribution in [0.1, 0.15) is 108 Å². The van der Waals surface area contributed by atoms with Crippen molar-refractivity contribution in [2.75, 3.05) is 37.7 Å². The number of likely N-dealkylation sites (tertiary alicyclic amines) is 1. The molecule has 4 heterocycles. The molecule has 4 amide bonds. The molecule has 1 saturated carbocycles. The summed E-state index contributed by atoms with van der Waals surface area (Å²) in [6.07, 6.45) is 2.24. The van der Waals surface area contributed by atoms with Crippen molar-refractivity contribution in [1.82, 2.24) is 25.8 Å². The van der Waals surface area contributed by atoms with E-state index in [-0.39, 0.29) is 55.5 Å². The van der Waals surface area contributed by atoms with Gasteiger partial charge in [-0.05, 0) is 90.4 Å². The molecule has 14 nitrogen and oxygen atoms in total. The molecule has 4 N–H and O–H groups in total. The number of carbonyl (C=O) groups is 4. The summed E-state index contributed by atoms with van der Waals surface area (Å²) in [5.74, 6) is 0.124. The third-order valence-electron chi connectivity index (χ3n) is 14.1. The van der Waals surface area contributed by atoms with Crippen molar-refractivity contribution in [3.8, 4) is 22.3 Å². The molecule has 4 aromatic rings. The second-order valence-corrected chi connectivity index (χ2v) is 22.5. The lowest BCUT2D eigenvalue weighted by Crippen LogP contribution is -2.74. The molecule has 3 fully saturated rings. The number of rotatable bonds is 15. The first-order valence-electron chi connectivity index (χ1n) is 23.8. The molecule has 2 aromatic carbocycles. The van der Waals surface area contributed by atoms with Crippen LogP contribution >= 0.6 is 22.9 Å². The van der Waals surface area contributed by atoms with E-state index in [0.29, 0.717) is 28.5 Å². The Hall–Kier alpha value is -5.53. The van der Waals surface area contributed by atoms with Crippen LogP contribution in [0.5, 0.6) is 5.75 Å². The van der Waals surface area contributed by atoms with Gasteiger partial charge in [-0.3, -0.25) is 19.2 Å². The number of thiophene rings is 1. The topological polar surface area (TPSA) is 186 Å². The van der Waals surface area contributed by atoms with Crippen LogP contribution in [0.25, 0.3) is 10.4 Å². The molecule has 69 heavy (non-hydrogen) atoms. The van der Waals surface area contributed by atoms with Gasteiger partial charge in [0.05, 0.1) is 34.9 Å². The summed E-state index contributed by atoms with van der Waals surface area (Å²) in [5.41, 5.74) is 2.58. The first kappa shape index (κ1) is 51.3. The number of pyridine rings is 1. The van der Waals surface area contributed by atoms with Gasteiger partial charge in [-0.25, -0.2) is 4.98 Å². The molecule has 2 saturated heterocycles. The Balaban J connectivity index is 0.850. The van der Waals surface area contributed by atoms with Crippen LogP contribution in [0.2, 0.25) is 5.02 Å². The van der Waals surface area contributed by atoms with Crippen LogP contribution in [-0.4, -0.2) is 102 Å². The SMILES string of the molecule is Cc1ccsc1-c1ccc([C@H](C)NC(=O)[C@@H]2C[C@@H](O)CN2C(=O)[C@@H](NC(=O)COCC2CCN(c3ccc(C(=O)N[C@H]4C(C)(C)[C@H](Oc5ccc(C#N)c(Cl)c5)C4(C)C)cn3)CC2)C(C)(C)C)cc1. The minimum atomic E-state index is -0.960. The minimum Gasteiger partial charge on any atom is -0.489 e. The number of hydrogen-bond donors (Lipinski definition) is 4. The zero-order chi connectivity index (χ0) is 50.0. The third-order valence-corrected chi connectivity index (χ3v) is 15.5. The van der Waals surface area contributed by atoms with Gasteiger partial charge in [-0.2, -0.15) is 5.26 Å². The van der Waals surface area contributed by atoms with Crippen LogP contribution < -0.4 is 25.6 Å². The van der Waals surface area contributed by atoms with Gasteiger partial charge >= 0.3 is 0 Å². The molecule has 2 aromatic heterocycles. The molecule has 4 atom stereocenters. The number of piperidine rings is 1. The number of carbonyl (C=O) groups excluding carboxylic acids is 4. The maximum atomic E-state index is 14.2. The minimum absolute atomic E-state index is 0.0126. The number of β-amino-alcohol motifs (C(OH)–C–C–N with tert-alkyl or cyclic N) is 1. The fourth-order valence-corrected chi connectivity index (χ4v) is 11.6. The highest BCUT2D eigenvalue weighted by atomic mass is 35.5. The highest BCUT2D eigenvalue weighted by molar-refractivity contribution is 7.13. The molecular formula is C53H66ClN7O7S. The fraction of sp³-hybridized carbons (Fsp3) is 0.509. The summed E-state index contributed by atoms with van der Waals surface area (Å²) in [5, 5.41) is 31.5. The molecule has 7 rings (SSSR count). The Labute approximate surface area is 415 Å². The van der Waals surface area contributed by atoms with Gasteiger partial charge < -0.3 is 40.3 Å². The van der Waals surface area contributed by atoms with Crippen LogP contribution in [0.15, 0.2) is 72.2 Å². The van der Waals surface area contributed by atoms with Gasteiger partial charge in [0.25, 0.3) is 5.91 Å². The average molecular weight is 981 g/mol. The summed E-state index contributed by atoms with van der Waals surface area (Å²) in [6, 6.07) is 18.5. The molecule has 0 unspecified atom stereocenters.